The number of carbonyl (C=O) groups excluding carboxylic acids is 1. The van der Waals surface area contributed by atoms with Crippen molar-refractivity contribution in [3.8, 4) is 5.75 Å². The topological polar surface area (TPSA) is 58.6 Å². The number of amides is 1. The number of rotatable bonds is 7. The fourth-order valence-electron chi connectivity index (χ4n) is 1.85. The van der Waals surface area contributed by atoms with Gasteiger partial charge in [-0.15, -0.1) is 0 Å². The molecule has 0 aliphatic rings. The van der Waals surface area contributed by atoms with Crippen LogP contribution >= 0.6 is 22.9 Å². The highest BCUT2D eigenvalue weighted by Gasteiger charge is 2.24. The number of halogens is 1. The number of carbonyl (C=O) groups is 1. The molecule has 0 spiro atoms. The molecule has 2 N–H and O–H groups in total. The van der Waals surface area contributed by atoms with Crippen LogP contribution in [0.3, 0.4) is 0 Å². The molecule has 2 aromatic rings. The van der Waals surface area contributed by atoms with Gasteiger partial charge < -0.3 is 15.2 Å². The van der Waals surface area contributed by atoms with E-state index in [-0.39, 0.29) is 25.5 Å². The summed E-state index contributed by atoms with van der Waals surface area (Å²) < 4.78 is 5.46. The molecule has 1 unspecified atom stereocenters. The lowest BCUT2D eigenvalue weighted by molar-refractivity contribution is -0.122. The van der Waals surface area contributed by atoms with Crippen LogP contribution in [0.15, 0.2) is 41.1 Å². The Hall–Kier alpha value is -1.56. The molecule has 0 saturated carbocycles. The molecule has 1 amide bonds. The first-order valence-electron chi connectivity index (χ1n) is 6.88. The van der Waals surface area contributed by atoms with Crippen molar-refractivity contribution >= 4 is 28.8 Å². The molecule has 1 atom stereocenters. The normalized spacial score (nSPS) is 13.4. The highest BCUT2D eigenvalue weighted by Crippen LogP contribution is 2.23. The first-order valence-corrected chi connectivity index (χ1v) is 8.20. The summed E-state index contributed by atoms with van der Waals surface area (Å²) in [4.78, 5) is 11.8. The van der Waals surface area contributed by atoms with E-state index >= 15 is 0 Å². The molecule has 22 heavy (non-hydrogen) atoms. The molecule has 0 saturated heterocycles. The minimum atomic E-state index is -1.07. The maximum atomic E-state index is 11.8. The van der Waals surface area contributed by atoms with Crippen molar-refractivity contribution < 1.29 is 14.6 Å². The summed E-state index contributed by atoms with van der Waals surface area (Å²) in [5.41, 5.74) is -0.274. The van der Waals surface area contributed by atoms with Crippen molar-refractivity contribution in [2.24, 2.45) is 0 Å². The largest absolute Gasteiger partial charge is 0.491 e. The Labute approximate surface area is 138 Å². The fraction of sp³-hybridized carbons (Fsp3) is 0.312. The molecule has 1 aromatic heterocycles. The van der Waals surface area contributed by atoms with Crippen molar-refractivity contribution in [2.45, 2.75) is 18.9 Å². The van der Waals surface area contributed by atoms with Gasteiger partial charge in [0.2, 0.25) is 5.91 Å². The van der Waals surface area contributed by atoms with E-state index in [1.807, 2.05) is 29.0 Å². The number of benzene rings is 1. The Morgan fingerprint density at radius 3 is 2.86 bits per heavy atom. The van der Waals surface area contributed by atoms with Gasteiger partial charge in [0.1, 0.15) is 11.4 Å². The number of nitrogens with one attached hydrogen (secondary N) is 1. The van der Waals surface area contributed by atoms with Crippen molar-refractivity contribution in [1.82, 2.24) is 5.32 Å². The minimum Gasteiger partial charge on any atom is -0.491 e. The molecule has 1 heterocycles. The van der Waals surface area contributed by atoms with Gasteiger partial charge >= 0.3 is 0 Å². The van der Waals surface area contributed by atoms with Crippen LogP contribution < -0.4 is 10.1 Å². The monoisotopic (exact) mass is 339 g/mol. The van der Waals surface area contributed by atoms with Crippen LogP contribution in [0.4, 0.5) is 0 Å². The van der Waals surface area contributed by atoms with E-state index in [2.05, 4.69) is 5.32 Å². The SMILES string of the molecule is CC(O)(CNC(=O)CCOc1ccccc1Cl)c1ccsc1. The molecule has 0 radical (unpaired) electrons. The third kappa shape index (κ3) is 4.73. The van der Waals surface area contributed by atoms with E-state index in [1.165, 1.54) is 11.3 Å². The number of ether oxygens (including phenoxy) is 1. The van der Waals surface area contributed by atoms with Crippen molar-refractivity contribution in [3.63, 3.8) is 0 Å². The summed E-state index contributed by atoms with van der Waals surface area (Å²) in [5.74, 6) is 0.379. The quantitative estimate of drug-likeness (QED) is 0.814. The maximum absolute atomic E-state index is 11.8. The molecule has 118 valence electrons. The molecular formula is C16H18ClNO3S. The summed E-state index contributed by atoms with van der Waals surface area (Å²) in [5, 5.41) is 17.3. The molecule has 0 aliphatic heterocycles. The number of hydrogen-bond donors (Lipinski definition) is 2. The summed E-state index contributed by atoms with van der Waals surface area (Å²) in [7, 11) is 0. The van der Waals surface area contributed by atoms with Crippen LogP contribution in [-0.2, 0) is 10.4 Å². The molecule has 0 bridgehead atoms. The number of hydrogen-bond acceptors (Lipinski definition) is 4. The van der Waals surface area contributed by atoms with Crippen molar-refractivity contribution in [1.29, 1.82) is 0 Å². The third-order valence-electron chi connectivity index (χ3n) is 3.20. The van der Waals surface area contributed by atoms with Crippen molar-refractivity contribution in [3.05, 3.63) is 51.7 Å². The van der Waals surface area contributed by atoms with Gasteiger partial charge in [0.05, 0.1) is 24.6 Å². The minimum absolute atomic E-state index is 0.161. The second kappa shape index (κ2) is 7.63. The lowest BCUT2D eigenvalue weighted by Gasteiger charge is -2.22. The third-order valence-corrected chi connectivity index (χ3v) is 4.19. The maximum Gasteiger partial charge on any atom is 0.223 e. The Kier molecular flexibility index (Phi) is 5.83. The van der Waals surface area contributed by atoms with E-state index in [0.717, 1.165) is 5.56 Å². The first kappa shape index (κ1) is 16.8. The highest BCUT2D eigenvalue weighted by atomic mass is 35.5. The van der Waals surface area contributed by atoms with Crippen LogP contribution in [0.5, 0.6) is 5.75 Å². The lowest BCUT2D eigenvalue weighted by atomic mass is 9.99. The molecule has 6 heteroatoms. The predicted octanol–water partition coefficient (Wildman–Crippen LogP) is 3.19. The Morgan fingerprint density at radius 2 is 2.18 bits per heavy atom. The van der Waals surface area contributed by atoms with Crippen molar-refractivity contribution in [2.75, 3.05) is 13.2 Å². The second-order valence-corrected chi connectivity index (χ2v) is 6.28. The molecule has 2 rings (SSSR count). The van der Waals surface area contributed by atoms with E-state index in [0.29, 0.717) is 10.8 Å². The highest BCUT2D eigenvalue weighted by molar-refractivity contribution is 7.08. The fourth-order valence-corrected chi connectivity index (χ4v) is 2.82. The molecule has 0 fully saturated rings. The second-order valence-electron chi connectivity index (χ2n) is 5.09. The van der Waals surface area contributed by atoms with Crippen LogP contribution in [0.2, 0.25) is 5.02 Å². The average Bonchev–Trinajstić information content (AvgIpc) is 3.02. The number of thiophene rings is 1. The van der Waals surface area contributed by atoms with Crippen LogP contribution in [0.25, 0.3) is 0 Å². The zero-order valence-electron chi connectivity index (χ0n) is 12.2. The summed E-state index contributed by atoms with van der Waals surface area (Å²) >= 11 is 7.47. The summed E-state index contributed by atoms with van der Waals surface area (Å²) in [6.07, 6.45) is 0.199. The van der Waals surface area contributed by atoms with E-state index in [9.17, 15) is 9.90 Å². The smallest absolute Gasteiger partial charge is 0.223 e. The van der Waals surface area contributed by atoms with Gasteiger partial charge in [-0.05, 0) is 41.4 Å². The van der Waals surface area contributed by atoms with Gasteiger partial charge in [-0.25, -0.2) is 0 Å². The zero-order valence-corrected chi connectivity index (χ0v) is 13.8. The first-order chi connectivity index (χ1) is 10.5. The Balaban J connectivity index is 1.73. The number of para-hydroxylation sites is 1. The Morgan fingerprint density at radius 1 is 1.41 bits per heavy atom. The van der Waals surface area contributed by atoms with E-state index in [4.69, 9.17) is 16.3 Å². The lowest BCUT2D eigenvalue weighted by Crippen LogP contribution is -2.38. The molecule has 4 nitrogen and oxygen atoms in total. The summed E-state index contributed by atoms with van der Waals surface area (Å²) in [6.45, 7) is 2.07. The molecule has 0 aliphatic carbocycles. The van der Waals surface area contributed by atoms with Gasteiger partial charge in [-0.3, -0.25) is 4.79 Å². The van der Waals surface area contributed by atoms with Crippen LogP contribution in [0, 0.1) is 0 Å². The number of aliphatic hydroxyl groups is 1. The van der Waals surface area contributed by atoms with Gasteiger partial charge in [-0.2, -0.15) is 11.3 Å². The predicted molar refractivity (Wildman–Crippen MR) is 88.5 cm³/mol. The van der Waals surface area contributed by atoms with Crippen LogP contribution in [0.1, 0.15) is 18.9 Å². The van der Waals surface area contributed by atoms with Gasteiger partial charge in [-0.1, -0.05) is 23.7 Å². The molecule has 1 aromatic carbocycles. The van der Waals surface area contributed by atoms with E-state index < -0.39 is 5.60 Å². The van der Waals surface area contributed by atoms with Gasteiger partial charge in [0, 0.05) is 0 Å². The van der Waals surface area contributed by atoms with Crippen LogP contribution in [-0.4, -0.2) is 24.2 Å². The molecular weight excluding hydrogens is 322 g/mol. The average molecular weight is 340 g/mol. The van der Waals surface area contributed by atoms with E-state index in [1.54, 1.807) is 19.1 Å². The zero-order chi connectivity index (χ0) is 16.0. The van der Waals surface area contributed by atoms with Gasteiger partial charge in [0.15, 0.2) is 0 Å². The Bertz CT molecular complexity index is 614. The standard InChI is InChI=1S/C16H18ClNO3S/c1-16(20,12-7-9-22-10-12)11-18-15(19)6-8-21-14-5-3-2-4-13(14)17/h2-5,7,9-10,20H,6,8,11H2,1H3,(H,18,19). The van der Waals surface area contributed by atoms with Gasteiger partial charge in [0.25, 0.3) is 0 Å². The summed E-state index contributed by atoms with van der Waals surface area (Å²) in [6, 6.07) is 8.96.